The van der Waals surface area contributed by atoms with Crippen LogP contribution >= 0.6 is 0 Å². The number of hydrogen-bond donors (Lipinski definition) is 1. The van der Waals surface area contributed by atoms with E-state index in [0.29, 0.717) is 18.2 Å². The van der Waals surface area contributed by atoms with Gasteiger partial charge in [-0.1, -0.05) is 66.2 Å². The Balaban J connectivity index is -0.000000874. The molecule has 0 aliphatic rings. The molecule has 0 amide bonds. The van der Waals surface area contributed by atoms with Crippen LogP contribution in [-0.4, -0.2) is 106 Å². The molecule has 0 aliphatic carbocycles. The van der Waals surface area contributed by atoms with Gasteiger partial charge in [0, 0.05) is 0 Å². The molecule has 1 aromatic carbocycles. The minimum atomic E-state index is -5.01. The number of carbonyl (C=O) groups excluding carboxylic acids is 4. The van der Waals surface area contributed by atoms with Crippen LogP contribution in [0.2, 0.25) is 0 Å². The first-order valence-electron chi connectivity index (χ1n) is 14.2. The smallest absolute Gasteiger partial charge is 0.747 e. The molecule has 46 heavy (non-hydrogen) atoms. The van der Waals surface area contributed by atoms with E-state index >= 15 is 0 Å². The van der Waals surface area contributed by atoms with Crippen molar-refractivity contribution < 1.29 is 94.4 Å². The number of rotatable bonds is 19. The monoisotopic (exact) mass is 728 g/mol. The predicted octanol–water partition coefficient (Wildman–Crippen LogP) is -1.91. The molecule has 0 aromatic heterocycles. The van der Waals surface area contributed by atoms with Crippen LogP contribution in [0, 0.1) is 11.8 Å². The summed E-state index contributed by atoms with van der Waals surface area (Å²) in [7, 11) is -9.71. The summed E-state index contributed by atoms with van der Waals surface area (Å²) in [5, 5.41) is 18.9. The summed E-state index contributed by atoms with van der Waals surface area (Å²) in [5.74, 6) is -5.29. The fourth-order valence-electron chi connectivity index (χ4n) is 3.80. The summed E-state index contributed by atoms with van der Waals surface area (Å²) >= 11 is 0. The van der Waals surface area contributed by atoms with Crippen molar-refractivity contribution in [3.8, 4) is 0 Å². The van der Waals surface area contributed by atoms with Crippen LogP contribution in [0.5, 0.6) is 0 Å². The Morgan fingerprint density at radius 3 is 1.52 bits per heavy atom. The van der Waals surface area contributed by atoms with E-state index in [9.17, 15) is 50.8 Å². The molecule has 252 valence electrons. The number of carboxylic acids is 2. The zero-order valence-corrected chi connectivity index (χ0v) is 32.9. The van der Waals surface area contributed by atoms with Gasteiger partial charge >= 0.3 is 79.2 Å². The van der Waals surface area contributed by atoms with E-state index in [4.69, 9.17) is 14.0 Å². The molecule has 1 rings (SSSR count). The Morgan fingerprint density at radius 1 is 0.783 bits per heavy atom. The third-order valence-electron chi connectivity index (χ3n) is 6.67. The van der Waals surface area contributed by atoms with Crippen molar-refractivity contribution >= 4 is 81.9 Å². The van der Waals surface area contributed by atoms with Gasteiger partial charge in [0.1, 0.15) is 10.1 Å². The van der Waals surface area contributed by atoms with Crippen molar-refractivity contribution in [1.29, 1.82) is 0 Å². The second-order valence-corrected chi connectivity index (χ2v) is 13.1. The van der Waals surface area contributed by atoms with Gasteiger partial charge in [-0.25, -0.2) is 8.42 Å². The minimum Gasteiger partial charge on any atom is -0.747 e. The van der Waals surface area contributed by atoms with Gasteiger partial charge in [-0.05, 0) is 54.0 Å². The molecule has 3 unspecified atom stereocenters. The Bertz CT molecular complexity index is 1290. The zero-order valence-electron chi connectivity index (χ0n) is 27.0. The molecule has 0 saturated heterocycles. The molecule has 3 atom stereocenters. The Hall–Kier alpha value is -0.820. The summed E-state index contributed by atoms with van der Waals surface area (Å²) in [5.41, 5.74) is -1.37. The van der Waals surface area contributed by atoms with Crippen LogP contribution in [0.15, 0.2) is 23.1 Å². The molecule has 18 heteroatoms. The van der Waals surface area contributed by atoms with Gasteiger partial charge in [-0.2, -0.15) is 8.42 Å². The number of benzene rings is 1. The maximum atomic E-state index is 12.1. The molecule has 0 aliphatic heterocycles. The summed E-state index contributed by atoms with van der Waals surface area (Å²) in [6.07, 6.45) is 6.58. The Labute approximate surface area is 323 Å². The number of carboxylic acid groups (broad SMARTS) is 2. The number of aromatic carboxylic acids is 2. The molecule has 14 nitrogen and oxygen atoms in total. The van der Waals surface area contributed by atoms with Crippen molar-refractivity contribution in [3.05, 3.63) is 29.3 Å². The average molecular weight is 729 g/mol. The molecule has 1 N–H and O–H groups in total. The van der Waals surface area contributed by atoms with Crippen molar-refractivity contribution in [2.24, 2.45) is 11.8 Å². The van der Waals surface area contributed by atoms with Crippen LogP contribution in [0.25, 0.3) is 0 Å². The molecule has 0 radical (unpaired) electrons. The number of unbranched alkanes of at least 4 members (excludes halogenated alkanes) is 2. The third-order valence-corrected chi connectivity index (χ3v) is 8.55. The van der Waals surface area contributed by atoms with Gasteiger partial charge in [0.2, 0.25) is 0 Å². The SMILES string of the molecule is CCCCC(CC)COC(=O)CC(C(=O)OCC(CC)CCCC)S(=O)(=O)[O-].O=C([O-])c1cc(C(=O)[O-])cc(S(=O)(=O)O)c1.[Ca+2].[Na+]. The number of hydrogen-bond acceptors (Lipinski definition) is 13. The fourth-order valence-corrected chi connectivity index (χ4v) is 4.99. The molecule has 0 heterocycles. The van der Waals surface area contributed by atoms with Crippen molar-refractivity contribution in [1.82, 2.24) is 0 Å². The molecular formula is C28H41CaNaO14S2. The van der Waals surface area contributed by atoms with Crippen molar-refractivity contribution in [3.63, 3.8) is 0 Å². The van der Waals surface area contributed by atoms with E-state index in [2.05, 4.69) is 13.8 Å². The summed E-state index contributed by atoms with van der Waals surface area (Å²) in [6, 6.07) is 1.83. The largest absolute Gasteiger partial charge is 2.00 e. The molecule has 0 spiro atoms. The van der Waals surface area contributed by atoms with E-state index in [-0.39, 0.29) is 92.3 Å². The van der Waals surface area contributed by atoms with Crippen LogP contribution in [0.1, 0.15) is 106 Å². The Morgan fingerprint density at radius 2 is 1.20 bits per heavy atom. The van der Waals surface area contributed by atoms with Crippen LogP contribution in [-0.2, 0) is 39.3 Å². The van der Waals surface area contributed by atoms with E-state index in [1.54, 1.807) is 0 Å². The van der Waals surface area contributed by atoms with Gasteiger partial charge < -0.3 is 33.8 Å². The normalized spacial score (nSPS) is 12.9. The third kappa shape index (κ3) is 20.5. The van der Waals surface area contributed by atoms with Crippen LogP contribution in [0.3, 0.4) is 0 Å². The van der Waals surface area contributed by atoms with Gasteiger partial charge in [0.25, 0.3) is 10.1 Å². The Kier molecular flexibility index (Phi) is 27.1. The molecule has 0 bridgehead atoms. The fraction of sp³-hybridized carbons (Fsp3) is 0.643. The van der Waals surface area contributed by atoms with Crippen molar-refractivity contribution in [2.45, 2.75) is 95.6 Å². The standard InChI is InChI=1S/C20H38O7S.C8H6O7S.Ca.Na/c1-5-9-11-16(7-3)14-26-19(21)13-18(28(23,24)25)20(22)27-15-17(8-4)12-10-6-2;9-7(10)4-1-5(8(11)12)3-6(2-4)16(13,14)15;;/h16-18H,5-15H2,1-4H3,(H,23,24,25);1-3H,(H,9,10)(H,11,12)(H,13,14,15);;/q;;+2;+1/p-3. The number of ether oxygens (including phenoxy) is 2. The van der Waals surface area contributed by atoms with Gasteiger partial charge in [0.05, 0.1) is 36.5 Å². The molecule has 0 saturated carbocycles. The van der Waals surface area contributed by atoms with Crippen LogP contribution in [0.4, 0.5) is 0 Å². The van der Waals surface area contributed by atoms with Crippen LogP contribution < -0.4 is 39.8 Å². The molecule has 1 aromatic rings. The topological polar surface area (TPSA) is 244 Å². The molecule has 0 fully saturated rings. The second kappa shape index (κ2) is 25.2. The average Bonchev–Trinajstić information content (AvgIpc) is 2.94. The molecular weight excluding hydrogens is 687 g/mol. The summed E-state index contributed by atoms with van der Waals surface area (Å²) in [6.45, 7) is 8.26. The summed E-state index contributed by atoms with van der Waals surface area (Å²) in [4.78, 5) is 44.2. The van der Waals surface area contributed by atoms with Gasteiger partial charge in [-0.3, -0.25) is 14.1 Å². The number of esters is 2. The first kappa shape index (κ1) is 49.6. The number of carbonyl (C=O) groups is 4. The predicted molar refractivity (Wildman–Crippen MR) is 157 cm³/mol. The van der Waals surface area contributed by atoms with Gasteiger partial charge in [0.15, 0.2) is 5.25 Å². The van der Waals surface area contributed by atoms with E-state index in [1.165, 1.54) is 0 Å². The first-order valence-corrected chi connectivity index (χ1v) is 17.1. The van der Waals surface area contributed by atoms with Gasteiger partial charge in [-0.15, -0.1) is 0 Å². The van der Waals surface area contributed by atoms with E-state index in [0.717, 1.165) is 51.4 Å². The van der Waals surface area contributed by atoms with Crippen molar-refractivity contribution in [2.75, 3.05) is 13.2 Å². The first-order chi connectivity index (χ1) is 20.4. The second-order valence-electron chi connectivity index (χ2n) is 10.1. The quantitative estimate of drug-likeness (QED) is 0.0929. The minimum absolute atomic E-state index is 0. The zero-order chi connectivity index (χ0) is 34.1. The maximum Gasteiger partial charge on any atom is 2.00 e. The van der Waals surface area contributed by atoms with E-state index < -0.39 is 71.8 Å². The summed E-state index contributed by atoms with van der Waals surface area (Å²) < 4.78 is 74.6. The maximum absolute atomic E-state index is 12.1. The van der Waals surface area contributed by atoms with E-state index in [1.807, 2.05) is 13.8 Å².